The maximum absolute atomic E-state index is 12.6. The summed E-state index contributed by atoms with van der Waals surface area (Å²) in [6, 6.07) is 9.42. The number of amides is 1. The number of nitriles is 1. The molecule has 1 aromatic rings. The Hall–Kier alpha value is -2.13. The highest BCUT2D eigenvalue weighted by atomic mass is 32.2. The normalized spacial score (nSPS) is 35.3. The van der Waals surface area contributed by atoms with Crippen LogP contribution in [-0.2, 0) is 16.0 Å². The number of piperazine rings is 1. The van der Waals surface area contributed by atoms with Crippen molar-refractivity contribution in [1.29, 1.82) is 5.26 Å². The van der Waals surface area contributed by atoms with Crippen LogP contribution in [0, 0.1) is 17.2 Å². The van der Waals surface area contributed by atoms with Gasteiger partial charge in [-0.15, -0.1) is 11.8 Å². The summed E-state index contributed by atoms with van der Waals surface area (Å²) in [7, 11) is 3.96. The van der Waals surface area contributed by atoms with E-state index in [4.69, 9.17) is 9.47 Å². The van der Waals surface area contributed by atoms with Crippen molar-refractivity contribution in [3.05, 3.63) is 36.4 Å². The zero-order chi connectivity index (χ0) is 29.3. The van der Waals surface area contributed by atoms with Gasteiger partial charge in [-0.3, -0.25) is 20.3 Å². The molecule has 6 rings (SSSR count). The maximum atomic E-state index is 12.6. The third kappa shape index (κ3) is 5.97. The minimum Gasteiger partial charge on any atom is -0.496 e. The molecule has 4 fully saturated rings. The van der Waals surface area contributed by atoms with Crippen molar-refractivity contribution in [1.82, 2.24) is 25.3 Å². The third-order valence-corrected chi connectivity index (χ3v) is 12.0. The monoisotopic (exact) mass is 594 g/mol. The van der Waals surface area contributed by atoms with Gasteiger partial charge in [0.2, 0.25) is 5.91 Å². The van der Waals surface area contributed by atoms with Gasteiger partial charge in [-0.1, -0.05) is 12.6 Å². The van der Waals surface area contributed by atoms with E-state index in [1.54, 1.807) is 7.11 Å². The molecule has 10 heteroatoms. The second-order valence-electron chi connectivity index (χ2n) is 12.8. The number of hydrogen-bond acceptors (Lipinski definition) is 9. The number of carbonyl (C=O) groups excluding carboxylic acids is 1. The molecule has 42 heavy (non-hydrogen) atoms. The lowest BCUT2D eigenvalue weighted by atomic mass is 9.72. The molecule has 1 spiro atoms. The summed E-state index contributed by atoms with van der Waals surface area (Å²) in [5.74, 6) is 1.34. The fraction of sp³-hybridized carbons (Fsp3) is 0.688. The van der Waals surface area contributed by atoms with Gasteiger partial charge in [-0.2, -0.15) is 5.26 Å². The van der Waals surface area contributed by atoms with Gasteiger partial charge in [0.25, 0.3) is 0 Å². The summed E-state index contributed by atoms with van der Waals surface area (Å²) < 4.78 is 12.5. The van der Waals surface area contributed by atoms with Gasteiger partial charge in [0.15, 0.2) is 6.35 Å². The highest BCUT2D eigenvalue weighted by molar-refractivity contribution is 8.00. The minimum atomic E-state index is -0.233. The number of likely N-dealkylation sites (tertiary alicyclic amines) is 1. The summed E-state index contributed by atoms with van der Waals surface area (Å²) in [6.07, 6.45) is 9.58. The highest BCUT2D eigenvalue weighted by Gasteiger charge is 2.50. The van der Waals surface area contributed by atoms with Crippen LogP contribution < -0.4 is 15.4 Å². The quantitative estimate of drug-likeness (QED) is 0.462. The fourth-order valence-electron chi connectivity index (χ4n) is 8.09. The number of thioether (sulfide) groups is 1. The van der Waals surface area contributed by atoms with Crippen molar-refractivity contribution in [2.24, 2.45) is 5.92 Å². The second kappa shape index (κ2) is 12.8. The molecule has 1 saturated carbocycles. The zero-order valence-electron chi connectivity index (χ0n) is 25.1. The minimum absolute atomic E-state index is 0.0845. The molecule has 7 atom stereocenters. The van der Waals surface area contributed by atoms with E-state index in [1.165, 1.54) is 35.8 Å². The number of likely N-dealkylation sites (N-methyl/N-ethyl adjacent to an activating group) is 1. The van der Waals surface area contributed by atoms with Crippen LogP contribution in [0.5, 0.6) is 5.75 Å². The van der Waals surface area contributed by atoms with E-state index in [-0.39, 0.29) is 29.2 Å². The number of carbonyl (C=O) groups is 1. The predicted molar refractivity (Wildman–Crippen MR) is 164 cm³/mol. The Balaban J connectivity index is 1.21. The van der Waals surface area contributed by atoms with Crippen LogP contribution in [0.25, 0.3) is 0 Å². The van der Waals surface area contributed by atoms with E-state index >= 15 is 0 Å². The van der Waals surface area contributed by atoms with Crippen molar-refractivity contribution in [3.63, 3.8) is 0 Å². The number of methoxy groups -OCH3 is 1. The van der Waals surface area contributed by atoms with Crippen LogP contribution in [0.15, 0.2) is 35.7 Å². The Labute approximate surface area is 254 Å². The Morgan fingerprint density at radius 3 is 2.88 bits per heavy atom. The van der Waals surface area contributed by atoms with Gasteiger partial charge in [0.05, 0.1) is 38.4 Å². The maximum Gasteiger partial charge on any atom is 0.246 e. The van der Waals surface area contributed by atoms with Crippen LogP contribution in [0.4, 0.5) is 0 Å². The molecule has 1 aromatic carbocycles. The van der Waals surface area contributed by atoms with Gasteiger partial charge in [0, 0.05) is 52.8 Å². The standard InChI is InChI=1S/C32H46N6O3S/c1-4-29(39)38-18-17-37(20-22(38)12-15-33)30-24-10-13-32(14-11-25-27(40-3)8-5-9-28(25)42-32)19-26(24)34-31(35-30)41-21-23-7-6-16-36(23)2/h4-5,8-9,22-24,26,30-31,34-35H,1,6-7,10-14,16-21H2,2-3H3/t22?,23?,24?,26?,30?,31?,32-/m1/s1. The van der Waals surface area contributed by atoms with Crippen molar-refractivity contribution >= 4 is 17.7 Å². The Morgan fingerprint density at radius 1 is 1.24 bits per heavy atom. The molecule has 4 aliphatic heterocycles. The molecule has 228 valence electrons. The first-order valence-corrected chi connectivity index (χ1v) is 16.5. The average Bonchev–Trinajstić information content (AvgIpc) is 3.43. The lowest BCUT2D eigenvalue weighted by molar-refractivity contribution is -0.135. The number of fused-ring (bicyclic) bond motifs is 2. The van der Waals surface area contributed by atoms with Gasteiger partial charge >= 0.3 is 0 Å². The molecule has 5 aliphatic rings. The molecule has 0 aromatic heterocycles. The Morgan fingerprint density at radius 2 is 2.12 bits per heavy atom. The first-order valence-electron chi connectivity index (χ1n) is 15.7. The van der Waals surface area contributed by atoms with E-state index in [0.717, 1.165) is 44.5 Å². The van der Waals surface area contributed by atoms with Crippen molar-refractivity contribution in [3.8, 4) is 11.8 Å². The lowest BCUT2D eigenvalue weighted by Crippen LogP contribution is -2.72. The molecule has 6 unspecified atom stereocenters. The summed E-state index contributed by atoms with van der Waals surface area (Å²) >= 11 is 2.06. The molecule has 1 amide bonds. The molecule has 0 bridgehead atoms. The first-order chi connectivity index (χ1) is 20.4. The topological polar surface area (TPSA) is 93.1 Å². The largest absolute Gasteiger partial charge is 0.496 e. The van der Waals surface area contributed by atoms with E-state index < -0.39 is 0 Å². The van der Waals surface area contributed by atoms with Gasteiger partial charge < -0.3 is 19.3 Å². The Bertz CT molecular complexity index is 1190. The summed E-state index contributed by atoms with van der Waals surface area (Å²) in [6.45, 7) is 7.59. The summed E-state index contributed by atoms with van der Waals surface area (Å²) in [5, 5.41) is 17.3. The SMILES string of the molecule is C=CC(=O)N1CCN(C2NC(OCC3CCCN3C)NC3C[C@]4(CCc5c(OC)cccc5S4)CCC32)CC1CC#N. The summed E-state index contributed by atoms with van der Waals surface area (Å²) in [5.41, 5.74) is 1.35. The third-order valence-electron chi connectivity index (χ3n) is 10.4. The lowest BCUT2D eigenvalue weighted by Gasteiger charge is -2.56. The molecule has 0 radical (unpaired) electrons. The van der Waals surface area contributed by atoms with E-state index in [2.05, 4.69) is 70.1 Å². The van der Waals surface area contributed by atoms with Crippen molar-refractivity contribution in [2.75, 3.05) is 46.9 Å². The first kappa shape index (κ1) is 29.9. The van der Waals surface area contributed by atoms with Crippen LogP contribution in [0.2, 0.25) is 0 Å². The second-order valence-corrected chi connectivity index (χ2v) is 14.3. The van der Waals surface area contributed by atoms with E-state index in [1.807, 2.05) is 4.90 Å². The predicted octanol–water partition coefficient (Wildman–Crippen LogP) is 3.17. The highest BCUT2D eigenvalue weighted by Crippen LogP contribution is 2.54. The van der Waals surface area contributed by atoms with Crippen LogP contribution in [0.3, 0.4) is 0 Å². The van der Waals surface area contributed by atoms with Crippen LogP contribution in [0.1, 0.15) is 50.5 Å². The number of hydrogen-bond donors (Lipinski definition) is 2. The summed E-state index contributed by atoms with van der Waals surface area (Å²) in [4.78, 5) is 20.7. The molecule has 4 heterocycles. The van der Waals surface area contributed by atoms with Gasteiger partial charge in [-0.25, -0.2) is 0 Å². The van der Waals surface area contributed by atoms with Crippen LogP contribution >= 0.6 is 11.8 Å². The van der Waals surface area contributed by atoms with Gasteiger partial charge in [0.1, 0.15) is 5.75 Å². The number of rotatable bonds is 7. The Kier molecular flexibility index (Phi) is 9.15. The number of ether oxygens (including phenoxy) is 2. The van der Waals surface area contributed by atoms with Crippen molar-refractivity contribution in [2.45, 2.75) is 91.7 Å². The smallest absolute Gasteiger partial charge is 0.246 e. The van der Waals surface area contributed by atoms with E-state index in [0.29, 0.717) is 44.1 Å². The number of benzene rings is 1. The average molecular weight is 595 g/mol. The molecular weight excluding hydrogens is 548 g/mol. The molecule has 2 N–H and O–H groups in total. The van der Waals surface area contributed by atoms with Crippen molar-refractivity contribution < 1.29 is 14.3 Å². The molecule has 3 saturated heterocycles. The molecular formula is C32H46N6O3S. The van der Waals surface area contributed by atoms with Crippen LogP contribution in [-0.4, -0.2) is 103 Å². The fourth-order valence-corrected chi connectivity index (χ4v) is 9.72. The molecule has 9 nitrogen and oxygen atoms in total. The zero-order valence-corrected chi connectivity index (χ0v) is 25.9. The molecule has 1 aliphatic carbocycles. The van der Waals surface area contributed by atoms with Gasteiger partial charge in [-0.05, 0) is 76.7 Å². The number of nitrogens with zero attached hydrogens (tertiary/aromatic N) is 4. The van der Waals surface area contributed by atoms with E-state index in [9.17, 15) is 10.1 Å². The number of nitrogens with one attached hydrogen (secondary N) is 2.